The van der Waals surface area contributed by atoms with E-state index in [9.17, 15) is 19.7 Å². The Hall–Kier alpha value is -3.62. The van der Waals surface area contributed by atoms with E-state index in [0.717, 1.165) is 18.8 Å². The molecule has 0 saturated carbocycles. The number of fused-ring (bicyclic) bond motifs is 1. The number of amides is 1. The van der Waals surface area contributed by atoms with Crippen LogP contribution in [0.3, 0.4) is 0 Å². The average Bonchev–Trinajstić information content (AvgIpc) is 3.01. The van der Waals surface area contributed by atoms with Gasteiger partial charge in [-0.1, -0.05) is 0 Å². The number of nitro benzene ring substituents is 1. The summed E-state index contributed by atoms with van der Waals surface area (Å²) in [7, 11) is 0. The van der Waals surface area contributed by atoms with Gasteiger partial charge >= 0.3 is 5.69 Å². The lowest BCUT2D eigenvalue weighted by atomic mass is 10.1. The SMILES string of the molecule is CCN(CC)c1cc2[nH]c(=O)[nH]c2cc1NC(=O)c1ccc([N+](=O)[O-])cc1. The van der Waals surface area contributed by atoms with Crippen LogP contribution in [0, 0.1) is 10.1 Å². The summed E-state index contributed by atoms with van der Waals surface area (Å²) in [5.41, 5.74) is 2.44. The van der Waals surface area contributed by atoms with Crippen LogP contribution in [0.5, 0.6) is 0 Å². The molecule has 0 spiro atoms. The predicted octanol–water partition coefficient (Wildman–Crippen LogP) is 2.86. The maximum absolute atomic E-state index is 12.6. The molecule has 140 valence electrons. The van der Waals surface area contributed by atoms with Crippen molar-refractivity contribution in [3.05, 3.63) is 62.6 Å². The summed E-state index contributed by atoms with van der Waals surface area (Å²) in [4.78, 5) is 41.9. The lowest BCUT2D eigenvalue weighted by molar-refractivity contribution is -0.384. The topological polar surface area (TPSA) is 124 Å². The average molecular weight is 369 g/mol. The van der Waals surface area contributed by atoms with E-state index in [4.69, 9.17) is 0 Å². The molecule has 1 heterocycles. The highest BCUT2D eigenvalue weighted by atomic mass is 16.6. The van der Waals surface area contributed by atoms with Gasteiger partial charge in [-0.2, -0.15) is 0 Å². The predicted molar refractivity (Wildman–Crippen MR) is 104 cm³/mol. The first-order valence-electron chi connectivity index (χ1n) is 8.49. The fourth-order valence-corrected chi connectivity index (χ4v) is 2.93. The van der Waals surface area contributed by atoms with E-state index in [0.29, 0.717) is 22.3 Å². The number of nitrogens with one attached hydrogen (secondary N) is 3. The number of hydrogen-bond acceptors (Lipinski definition) is 5. The minimum atomic E-state index is -0.518. The van der Waals surface area contributed by atoms with Gasteiger partial charge in [0, 0.05) is 30.8 Å². The van der Waals surface area contributed by atoms with Crippen LogP contribution in [0.2, 0.25) is 0 Å². The summed E-state index contributed by atoms with van der Waals surface area (Å²) >= 11 is 0. The minimum absolute atomic E-state index is 0.0818. The quantitative estimate of drug-likeness (QED) is 0.455. The van der Waals surface area contributed by atoms with Gasteiger partial charge in [0.1, 0.15) is 0 Å². The van der Waals surface area contributed by atoms with Crippen LogP contribution in [0.25, 0.3) is 11.0 Å². The maximum Gasteiger partial charge on any atom is 0.323 e. The first-order chi connectivity index (χ1) is 12.9. The lowest BCUT2D eigenvalue weighted by Crippen LogP contribution is -2.24. The molecule has 0 aliphatic heterocycles. The summed E-state index contributed by atoms with van der Waals surface area (Å²) in [5, 5.41) is 13.6. The van der Waals surface area contributed by atoms with E-state index in [2.05, 4.69) is 20.2 Å². The number of rotatable bonds is 6. The van der Waals surface area contributed by atoms with E-state index in [1.165, 1.54) is 24.3 Å². The molecule has 0 saturated heterocycles. The van der Waals surface area contributed by atoms with Crippen LogP contribution in [0.15, 0.2) is 41.2 Å². The Kier molecular flexibility index (Phi) is 4.93. The van der Waals surface area contributed by atoms with Crippen molar-refractivity contribution < 1.29 is 9.72 Å². The number of non-ortho nitro benzene ring substituents is 1. The van der Waals surface area contributed by atoms with Crippen molar-refractivity contribution in [1.29, 1.82) is 0 Å². The molecule has 9 heteroatoms. The molecular formula is C18H19N5O4. The molecule has 1 amide bonds. The van der Waals surface area contributed by atoms with E-state index < -0.39 is 10.8 Å². The van der Waals surface area contributed by atoms with Crippen LogP contribution in [-0.4, -0.2) is 33.9 Å². The lowest BCUT2D eigenvalue weighted by Gasteiger charge is -2.24. The van der Waals surface area contributed by atoms with Gasteiger partial charge in [-0.15, -0.1) is 0 Å². The zero-order valence-electron chi connectivity index (χ0n) is 14.9. The third kappa shape index (κ3) is 3.66. The molecule has 0 atom stereocenters. The number of nitro groups is 1. The van der Waals surface area contributed by atoms with E-state index in [1.807, 2.05) is 19.9 Å². The number of imidazole rings is 1. The molecule has 3 rings (SSSR count). The van der Waals surface area contributed by atoms with Gasteiger partial charge in [-0.25, -0.2) is 4.79 Å². The number of hydrogen-bond donors (Lipinski definition) is 3. The smallest absolute Gasteiger partial charge is 0.323 e. The van der Waals surface area contributed by atoms with Crippen LogP contribution < -0.4 is 15.9 Å². The fourth-order valence-electron chi connectivity index (χ4n) is 2.93. The molecule has 3 N–H and O–H groups in total. The molecule has 3 aromatic rings. The number of carbonyl (C=O) groups excluding carboxylic acids is 1. The highest BCUT2D eigenvalue weighted by Crippen LogP contribution is 2.30. The molecule has 0 fully saturated rings. The molecule has 0 bridgehead atoms. The maximum atomic E-state index is 12.6. The fraction of sp³-hybridized carbons (Fsp3) is 0.222. The van der Waals surface area contributed by atoms with Crippen molar-refractivity contribution in [2.75, 3.05) is 23.3 Å². The van der Waals surface area contributed by atoms with Crippen molar-refractivity contribution in [2.45, 2.75) is 13.8 Å². The molecule has 0 aliphatic carbocycles. The third-order valence-electron chi connectivity index (χ3n) is 4.32. The van der Waals surface area contributed by atoms with Crippen LogP contribution in [-0.2, 0) is 0 Å². The summed E-state index contributed by atoms with van der Waals surface area (Å²) in [6.07, 6.45) is 0. The minimum Gasteiger partial charge on any atom is -0.370 e. The van der Waals surface area contributed by atoms with Gasteiger partial charge in [0.15, 0.2) is 0 Å². The Labute approximate surface area is 154 Å². The Bertz CT molecular complexity index is 1050. The van der Waals surface area contributed by atoms with Gasteiger partial charge < -0.3 is 20.2 Å². The number of anilines is 2. The van der Waals surface area contributed by atoms with Gasteiger partial charge in [-0.05, 0) is 38.1 Å². The second-order valence-corrected chi connectivity index (χ2v) is 5.92. The molecule has 9 nitrogen and oxygen atoms in total. The Morgan fingerprint density at radius 2 is 1.70 bits per heavy atom. The largest absolute Gasteiger partial charge is 0.370 e. The highest BCUT2D eigenvalue weighted by Gasteiger charge is 2.16. The first kappa shape index (κ1) is 18.2. The molecule has 0 unspecified atom stereocenters. The Morgan fingerprint density at radius 3 is 2.26 bits per heavy atom. The van der Waals surface area contributed by atoms with Crippen molar-refractivity contribution >= 4 is 34.0 Å². The zero-order chi connectivity index (χ0) is 19.6. The molecule has 0 aliphatic rings. The van der Waals surface area contributed by atoms with Crippen molar-refractivity contribution in [2.24, 2.45) is 0 Å². The molecule has 0 radical (unpaired) electrons. The van der Waals surface area contributed by atoms with Gasteiger partial charge in [0.05, 0.1) is 27.3 Å². The summed E-state index contributed by atoms with van der Waals surface area (Å²) < 4.78 is 0. The number of benzene rings is 2. The summed E-state index contributed by atoms with van der Waals surface area (Å²) in [5.74, 6) is -0.393. The summed E-state index contributed by atoms with van der Waals surface area (Å²) in [6.45, 7) is 5.43. The normalized spacial score (nSPS) is 10.7. The first-order valence-corrected chi connectivity index (χ1v) is 8.49. The van der Waals surface area contributed by atoms with Crippen molar-refractivity contribution in [1.82, 2.24) is 9.97 Å². The van der Waals surface area contributed by atoms with Crippen molar-refractivity contribution in [3.63, 3.8) is 0 Å². The molecule has 1 aromatic heterocycles. The third-order valence-corrected chi connectivity index (χ3v) is 4.32. The summed E-state index contributed by atoms with van der Waals surface area (Å²) in [6, 6.07) is 8.89. The van der Waals surface area contributed by atoms with E-state index >= 15 is 0 Å². The zero-order valence-corrected chi connectivity index (χ0v) is 14.9. The molecule has 2 aromatic carbocycles. The van der Waals surface area contributed by atoms with Gasteiger partial charge in [-0.3, -0.25) is 14.9 Å². The van der Waals surface area contributed by atoms with Crippen molar-refractivity contribution in [3.8, 4) is 0 Å². The standard InChI is InChI=1S/C18H19N5O4/c1-3-22(4-2)16-10-14-13(20-18(25)21-14)9-15(16)19-17(24)11-5-7-12(8-6-11)23(26)27/h5-10H,3-4H2,1-2H3,(H,19,24)(H2,20,21,25). The number of aromatic nitrogens is 2. The van der Waals surface area contributed by atoms with Gasteiger partial charge in [0.25, 0.3) is 11.6 Å². The number of carbonyl (C=O) groups is 1. The number of aromatic amines is 2. The second kappa shape index (κ2) is 7.32. The van der Waals surface area contributed by atoms with Gasteiger partial charge in [0.2, 0.25) is 0 Å². The van der Waals surface area contributed by atoms with Crippen LogP contribution in [0.4, 0.5) is 17.1 Å². The molecular weight excluding hydrogens is 350 g/mol. The second-order valence-electron chi connectivity index (χ2n) is 5.92. The molecule has 27 heavy (non-hydrogen) atoms. The van der Waals surface area contributed by atoms with Crippen LogP contribution >= 0.6 is 0 Å². The van der Waals surface area contributed by atoms with E-state index in [-0.39, 0.29) is 11.4 Å². The Morgan fingerprint density at radius 1 is 1.11 bits per heavy atom. The highest BCUT2D eigenvalue weighted by molar-refractivity contribution is 6.07. The number of H-pyrrole nitrogens is 2. The Balaban J connectivity index is 1.98. The number of nitrogens with zero attached hydrogens (tertiary/aromatic N) is 2. The van der Waals surface area contributed by atoms with Crippen LogP contribution in [0.1, 0.15) is 24.2 Å². The monoisotopic (exact) mass is 369 g/mol. The van der Waals surface area contributed by atoms with E-state index in [1.54, 1.807) is 6.07 Å².